The van der Waals surface area contributed by atoms with E-state index in [1.54, 1.807) is 23.9 Å². The lowest BCUT2D eigenvalue weighted by atomic mass is 10.4. The van der Waals surface area contributed by atoms with Crippen LogP contribution in [0.2, 0.25) is 0 Å². The van der Waals surface area contributed by atoms with Gasteiger partial charge in [-0.1, -0.05) is 0 Å². The van der Waals surface area contributed by atoms with Crippen LogP contribution in [-0.2, 0) is 9.84 Å². The topological polar surface area (TPSA) is 34.1 Å². The second kappa shape index (κ2) is 3.59. The molecule has 76 valence electrons. The zero-order chi connectivity index (χ0) is 10.2. The van der Waals surface area contributed by atoms with E-state index in [1.807, 2.05) is 18.4 Å². The lowest BCUT2D eigenvalue weighted by molar-refractivity contribution is 0.594. The smallest absolute Gasteiger partial charge is 0.181 e. The molecule has 0 atom stereocenters. The molecule has 0 radical (unpaired) electrons. The second-order valence-corrected chi connectivity index (χ2v) is 6.53. The SMILES string of the molecule is CSc1ccc(S(=O)(=O)C2CC2)cc1. The van der Waals surface area contributed by atoms with E-state index in [0.29, 0.717) is 4.90 Å². The highest BCUT2D eigenvalue weighted by molar-refractivity contribution is 7.98. The minimum Gasteiger partial charge on any atom is -0.223 e. The van der Waals surface area contributed by atoms with Gasteiger partial charge < -0.3 is 0 Å². The van der Waals surface area contributed by atoms with Crippen molar-refractivity contribution in [3.63, 3.8) is 0 Å². The van der Waals surface area contributed by atoms with Crippen LogP contribution >= 0.6 is 11.8 Å². The van der Waals surface area contributed by atoms with E-state index in [4.69, 9.17) is 0 Å². The van der Waals surface area contributed by atoms with Crippen molar-refractivity contribution >= 4 is 21.6 Å². The molecule has 0 unspecified atom stereocenters. The van der Waals surface area contributed by atoms with Crippen LogP contribution in [0.15, 0.2) is 34.1 Å². The van der Waals surface area contributed by atoms with Gasteiger partial charge in [0.2, 0.25) is 0 Å². The van der Waals surface area contributed by atoms with Gasteiger partial charge in [-0.25, -0.2) is 8.42 Å². The summed E-state index contributed by atoms with van der Waals surface area (Å²) in [6, 6.07) is 7.14. The Balaban J connectivity index is 2.33. The molecule has 0 aliphatic heterocycles. The van der Waals surface area contributed by atoms with E-state index in [1.165, 1.54) is 0 Å². The molecule has 2 rings (SSSR count). The number of thioether (sulfide) groups is 1. The summed E-state index contributed by atoms with van der Waals surface area (Å²) in [6.07, 6.45) is 3.63. The maximum atomic E-state index is 11.8. The molecule has 1 fully saturated rings. The van der Waals surface area contributed by atoms with E-state index >= 15 is 0 Å². The lowest BCUT2D eigenvalue weighted by Crippen LogP contribution is -2.06. The summed E-state index contributed by atoms with van der Waals surface area (Å²) in [5.74, 6) is 0. The first kappa shape index (κ1) is 10.1. The number of hydrogen-bond donors (Lipinski definition) is 0. The average molecular weight is 228 g/mol. The van der Waals surface area contributed by atoms with Crippen LogP contribution in [0.5, 0.6) is 0 Å². The normalized spacial score (nSPS) is 16.9. The summed E-state index contributed by atoms with van der Waals surface area (Å²) in [7, 11) is -3.00. The Morgan fingerprint density at radius 1 is 1.21 bits per heavy atom. The first-order valence-electron chi connectivity index (χ1n) is 4.52. The first-order chi connectivity index (χ1) is 6.64. The third-order valence-corrected chi connectivity index (χ3v) is 5.37. The monoisotopic (exact) mass is 228 g/mol. The van der Waals surface area contributed by atoms with Crippen molar-refractivity contribution < 1.29 is 8.42 Å². The minimum absolute atomic E-state index is 0.109. The van der Waals surface area contributed by atoms with E-state index in [-0.39, 0.29) is 5.25 Å². The summed E-state index contributed by atoms with van der Waals surface area (Å²) in [6.45, 7) is 0. The largest absolute Gasteiger partial charge is 0.223 e. The third kappa shape index (κ3) is 1.81. The Hall–Kier alpha value is -0.480. The highest BCUT2D eigenvalue weighted by Crippen LogP contribution is 2.33. The molecule has 2 nitrogen and oxygen atoms in total. The maximum Gasteiger partial charge on any atom is 0.181 e. The Morgan fingerprint density at radius 2 is 1.79 bits per heavy atom. The van der Waals surface area contributed by atoms with Crippen LogP contribution in [0.1, 0.15) is 12.8 Å². The van der Waals surface area contributed by atoms with E-state index in [2.05, 4.69) is 0 Å². The van der Waals surface area contributed by atoms with Gasteiger partial charge in [-0.2, -0.15) is 0 Å². The molecule has 0 saturated heterocycles. The predicted octanol–water partition coefficient (Wildman–Crippen LogP) is 2.34. The molecule has 0 aromatic heterocycles. The van der Waals surface area contributed by atoms with Crippen molar-refractivity contribution in [1.82, 2.24) is 0 Å². The fourth-order valence-corrected chi connectivity index (χ4v) is 3.40. The van der Waals surface area contributed by atoms with Gasteiger partial charge in [0.25, 0.3) is 0 Å². The molecule has 0 spiro atoms. The molecule has 1 saturated carbocycles. The van der Waals surface area contributed by atoms with E-state index < -0.39 is 9.84 Å². The van der Waals surface area contributed by atoms with Gasteiger partial charge in [0.15, 0.2) is 9.84 Å². The second-order valence-electron chi connectivity index (χ2n) is 3.42. The molecule has 0 heterocycles. The summed E-state index contributed by atoms with van der Waals surface area (Å²) in [4.78, 5) is 1.57. The van der Waals surface area contributed by atoms with Crippen LogP contribution in [-0.4, -0.2) is 19.9 Å². The number of benzene rings is 1. The van der Waals surface area contributed by atoms with Crippen LogP contribution in [0.25, 0.3) is 0 Å². The van der Waals surface area contributed by atoms with Crippen molar-refractivity contribution in [3.8, 4) is 0 Å². The van der Waals surface area contributed by atoms with Crippen molar-refractivity contribution in [2.45, 2.75) is 27.9 Å². The molecule has 4 heteroatoms. The zero-order valence-corrected chi connectivity index (χ0v) is 9.57. The summed E-state index contributed by atoms with van der Waals surface area (Å²) in [5.41, 5.74) is 0. The van der Waals surface area contributed by atoms with Gasteiger partial charge >= 0.3 is 0 Å². The number of rotatable bonds is 3. The van der Waals surface area contributed by atoms with Crippen molar-refractivity contribution in [2.75, 3.05) is 6.26 Å². The summed E-state index contributed by atoms with van der Waals surface area (Å²) >= 11 is 1.62. The van der Waals surface area contributed by atoms with Crippen molar-refractivity contribution in [2.24, 2.45) is 0 Å². The Kier molecular flexibility index (Phi) is 2.58. The molecule has 0 amide bonds. The van der Waals surface area contributed by atoms with Gasteiger partial charge in [-0.15, -0.1) is 11.8 Å². The van der Waals surface area contributed by atoms with Crippen LogP contribution in [0.3, 0.4) is 0 Å². The van der Waals surface area contributed by atoms with Gasteiger partial charge in [-0.05, 0) is 43.4 Å². The lowest BCUT2D eigenvalue weighted by Gasteiger charge is -2.02. The van der Waals surface area contributed by atoms with Gasteiger partial charge in [0, 0.05) is 4.90 Å². The Morgan fingerprint density at radius 3 is 2.21 bits per heavy atom. The van der Waals surface area contributed by atoms with Gasteiger partial charge in [0.1, 0.15) is 0 Å². The molecular formula is C10H12O2S2. The third-order valence-electron chi connectivity index (χ3n) is 2.35. The first-order valence-corrected chi connectivity index (χ1v) is 7.29. The fraction of sp³-hybridized carbons (Fsp3) is 0.400. The van der Waals surface area contributed by atoms with E-state index in [0.717, 1.165) is 17.7 Å². The van der Waals surface area contributed by atoms with Gasteiger partial charge in [-0.3, -0.25) is 0 Å². The minimum atomic E-state index is -3.00. The maximum absolute atomic E-state index is 11.8. The molecule has 1 aromatic rings. The average Bonchev–Trinajstić information content (AvgIpc) is 3.01. The van der Waals surface area contributed by atoms with Crippen molar-refractivity contribution in [1.29, 1.82) is 0 Å². The Labute approximate surface area is 88.6 Å². The van der Waals surface area contributed by atoms with Crippen molar-refractivity contribution in [3.05, 3.63) is 24.3 Å². The summed E-state index contributed by atoms with van der Waals surface area (Å²) < 4.78 is 23.6. The molecule has 0 N–H and O–H groups in total. The highest BCUT2D eigenvalue weighted by Gasteiger charge is 2.36. The fourth-order valence-electron chi connectivity index (χ4n) is 1.34. The van der Waals surface area contributed by atoms with E-state index in [9.17, 15) is 8.42 Å². The molecule has 1 aromatic carbocycles. The van der Waals surface area contributed by atoms with Crippen LogP contribution in [0, 0.1) is 0 Å². The molecule has 14 heavy (non-hydrogen) atoms. The van der Waals surface area contributed by atoms with Gasteiger partial charge in [0.05, 0.1) is 10.1 Å². The summed E-state index contributed by atoms with van der Waals surface area (Å²) in [5, 5.41) is -0.109. The highest BCUT2D eigenvalue weighted by atomic mass is 32.2. The van der Waals surface area contributed by atoms with Crippen LogP contribution < -0.4 is 0 Å². The number of sulfone groups is 1. The predicted molar refractivity (Wildman–Crippen MR) is 58.4 cm³/mol. The Bertz CT molecular complexity index is 416. The molecule has 1 aliphatic rings. The molecule has 1 aliphatic carbocycles. The quantitative estimate of drug-likeness (QED) is 0.745. The molecule has 0 bridgehead atoms. The van der Waals surface area contributed by atoms with Crippen LogP contribution in [0.4, 0.5) is 0 Å². The zero-order valence-electron chi connectivity index (χ0n) is 7.93. The number of hydrogen-bond acceptors (Lipinski definition) is 3. The standard InChI is InChI=1S/C10H12O2S2/c1-13-8-2-4-9(5-3-8)14(11,12)10-6-7-10/h2-5,10H,6-7H2,1H3. The molecular weight excluding hydrogens is 216 g/mol.